The minimum atomic E-state index is -0.801. The van der Waals surface area contributed by atoms with E-state index in [-0.39, 0.29) is 11.7 Å². The third kappa shape index (κ3) is 6.09. The molecule has 0 bridgehead atoms. The van der Waals surface area contributed by atoms with Crippen molar-refractivity contribution >= 4 is 39.8 Å². The smallest absolute Gasteiger partial charge is 0.412 e. The van der Waals surface area contributed by atoms with Gasteiger partial charge >= 0.3 is 6.09 Å². The number of carbonyl (C=O) groups is 2. The fraction of sp³-hybridized carbons (Fsp3) is 0.100. The second-order valence-electron chi connectivity index (χ2n) is 8.65. The van der Waals surface area contributed by atoms with E-state index in [1.54, 1.807) is 72.8 Å². The first-order valence-corrected chi connectivity index (χ1v) is 11.9. The molecule has 2 atom stereocenters. The first-order valence-electron chi connectivity index (χ1n) is 11.9. The number of amides is 2. The number of nitrogens with one attached hydrogen (secondary N) is 2. The molecule has 0 aliphatic rings. The monoisotopic (exact) mass is 506 g/mol. The lowest BCUT2D eigenvalue weighted by molar-refractivity contribution is -0.111. The Labute approximate surface area is 220 Å². The molecule has 8 nitrogen and oxygen atoms in total. The number of phenols is 1. The number of aromatic hydroxyl groups is 1. The van der Waals surface area contributed by atoms with Crippen molar-refractivity contribution in [3.8, 4) is 11.8 Å². The molecule has 4 aromatic carbocycles. The second kappa shape index (κ2) is 11.6. The number of hydrogen-bond donors (Lipinski definition) is 4. The largest absolute Gasteiger partial charge is 0.507 e. The number of fused-ring (bicyclic) bond motifs is 1. The third-order valence-corrected chi connectivity index (χ3v) is 5.98. The molecular formula is C30H26N4O4. The molecule has 38 heavy (non-hydrogen) atoms. The molecule has 0 aromatic heterocycles. The van der Waals surface area contributed by atoms with Gasteiger partial charge in [0.1, 0.15) is 11.9 Å². The van der Waals surface area contributed by atoms with E-state index in [2.05, 4.69) is 10.6 Å². The first kappa shape index (κ1) is 25.8. The lowest BCUT2D eigenvalue weighted by Gasteiger charge is -2.24. The van der Waals surface area contributed by atoms with Crippen LogP contribution in [0.25, 0.3) is 10.8 Å². The van der Waals surface area contributed by atoms with E-state index < -0.39 is 18.1 Å². The zero-order valence-corrected chi connectivity index (χ0v) is 20.6. The number of para-hydroxylation sites is 2. The number of carbonyl (C=O) groups excluding carboxylic acids is 2. The summed E-state index contributed by atoms with van der Waals surface area (Å²) in [7, 11) is 0. The van der Waals surface area contributed by atoms with Crippen LogP contribution in [0.3, 0.4) is 0 Å². The molecule has 4 rings (SSSR count). The molecule has 0 spiro atoms. The Morgan fingerprint density at radius 1 is 0.947 bits per heavy atom. The maximum absolute atomic E-state index is 12.9. The van der Waals surface area contributed by atoms with E-state index in [1.165, 1.54) is 6.08 Å². The molecule has 0 fully saturated rings. The van der Waals surface area contributed by atoms with Crippen LogP contribution in [0.2, 0.25) is 0 Å². The summed E-state index contributed by atoms with van der Waals surface area (Å²) < 4.78 is 5.88. The standard InChI is InChI=1S/C30H26N4O4/c1-19(10-17-28(36)34-26-9-5-4-8-25(26)32)29(24-15-16-27(35)23-7-3-2-6-22(23)24)38-30(37)33-21-13-11-20(18-31)12-14-21/h2-17,19,29,35H,32H2,1H3,(H,33,37)(H,34,36)/b17-10+/t19-,29-/m1/s1. The van der Waals surface area contributed by atoms with Gasteiger partial charge in [0.05, 0.1) is 23.0 Å². The number of anilines is 3. The summed E-state index contributed by atoms with van der Waals surface area (Å²) in [5.41, 5.74) is 8.44. The quantitative estimate of drug-likeness (QED) is 0.176. The summed E-state index contributed by atoms with van der Waals surface area (Å²) in [6.45, 7) is 1.82. The molecular weight excluding hydrogens is 480 g/mol. The van der Waals surface area contributed by atoms with Crippen molar-refractivity contribution in [3.05, 3.63) is 108 Å². The van der Waals surface area contributed by atoms with Crippen molar-refractivity contribution in [3.63, 3.8) is 0 Å². The van der Waals surface area contributed by atoms with Crippen molar-refractivity contribution in [1.82, 2.24) is 0 Å². The Morgan fingerprint density at radius 2 is 1.63 bits per heavy atom. The lowest BCUT2D eigenvalue weighted by Crippen LogP contribution is -2.22. The second-order valence-corrected chi connectivity index (χ2v) is 8.65. The summed E-state index contributed by atoms with van der Waals surface area (Å²) >= 11 is 0. The Bertz CT molecular complexity index is 1540. The number of ether oxygens (including phenoxy) is 1. The van der Waals surface area contributed by atoms with Crippen LogP contribution in [0.4, 0.5) is 21.9 Å². The summed E-state index contributed by atoms with van der Waals surface area (Å²) in [6.07, 6.45) is 1.51. The Kier molecular flexibility index (Phi) is 7.89. The molecule has 190 valence electrons. The number of nitrogens with zero attached hydrogens (tertiary/aromatic N) is 1. The van der Waals surface area contributed by atoms with Crippen LogP contribution in [-0.2, 0) is 9.53 Å². The number of benzene rings is 4. The molecule has 5 N–H and O–H groups in total. The maximum Gasteiger partial charge on any atom is 0.412 e. The van der Waals surface area contributed by atoms with Crippen LogP contribution >= 0.6 is 0 Å². The molecule has 0 aliphatic carbocycles. The molecule has 8 heteroatoms. The van der Waals surface area contributed by atoms with Gasteiger partial charge in [0.25, 0.3) is 0 Å². The number of nitrogen functional groups attached to an aromatic ring is 1. The van der Waals surface area contributed by atoms with Gasteiger partial charge in [0.2, 0.25) is 5.91 Å². The van der Waals surface area contributed by atoms with Crippen LogP contribution < -0.4 is 16.4 Å². The van der Waals surface area contributed by atoms with E-state index in [0.717, 1.165) is 0 Å². The van der Waals surface area contributed by atoms with Crippen molar-refractivity contribution in [2.45, 2.75) is 13.0 Å². The van der Waals surface area contributed by atoms with Crippen LogP contribution in [0, 0.1) is 17.2 Å². The fourth-order valence-electron chi connectivity index (χ4n) is 4.02. The normalized spacial score (nSPS) is 12.4. The van der Waals surface area contributed by atoms with Gasteiger partial charge in [0, 0.05) is 22.6 Å². The highest BCUT2D eigenvalue weighted by Gasteiger charge is 2.25. The molecule has 0 aliphatic heterocycles. The molecule has 0 radical (unpaired) electrons. The first-order chi connectivity index (χ1) is 18.4. The summed E-state index contributed by atoms with van der Waals surface area (Å²) in [6, 6.07) is 25.8. The highest BCUT2D eigenvalue weighted by molar-refractivity contribution is 6.01. The Balaban J connectivity index is 1.60. The maximum atomic E-state index is 12.9. The van der Waals surface area contributed by atoms with Crippen LogP contribution in [0.5, 0.6) is 5.75 Å². The minimum absolute atomic E-state index is 0.105. The topological polar surface area (TPSA) is 137 Å². The number of hydrogen-bond acceptors (Lipinski definition) is 6. The van der Waals surface area contributed by atoms with Gasteiger partial charge in [-0.3, -0.25) is 10.1 Å². The van der Waals surface area contributed by atoms with Crippen molar-refractivity contribution in [2.24, 2.45) is 5.92 Å². The van der Waals surface area contributed by atoms with Crippen LogP contribution in [-0.4, -0.2) is 17.1 Å². The van der Waals surface area contributed by atoms with Gasteiger partial charge in [0.15, 0.2) is 0 Å². The van der Waals surface area contributed by atoms with Gasteiger partial charge in [-0.05, 0) is 53.9 Å². The number of rotatable bonds is 7. The van der Waals surface area contributed by atoms with Crippen LogP contribution in [0.1, 0.15) is 24.2 Å². The van der Waals surface area contributed by atoms with Crippen molar-refractivity contribution in [2.75, 3.05) is 16.4 Å². The molecule has 0 unspecified atom stereocenters. The van der Waals surface area contributed by atoms with Gasteiger partial charge in [-0.25, -0.2) is 4.79 Å². The highest BCUT2D eigenvalue weighted by Crippen LogP contribution is 2.36. The molecule has 0 heterocycles. The Hall–Kier alpha value is -5.29. The molecule has 0 saturated carbocycles. The van der Waals surface area contributed by atoms with E-state index in [1.807, 2.05) is 31.2 Å². The fourth-order valence-corrected chi connectivity index (χ4v) is 4.02. The number of phenolic OH excluding ortho intramolecular Hbond substituents is 1. The minimum Gasteiger partial charge on any atom is -0.507 e. The summed E-state index contributed by atoms with van der Waals surface area (Å²) in [5.74, 6) is -0.715. The number of nitrogens with two attached hydrogens (primary N) is 1. The van der Waals surface area contributed by atoms with Crippen LogP contribution in [0.15, 0.2) is 97.1 Å². The highest BCUT2D eigenvalue weighted by atomic mass is 16.6. The van der Waals surface area contributed by atoms with E-state index in [9.17, 15) is 14.7 Å². The summed E-state index contributed by atoms with van der Waals surface area (Å²) in [5, 5.41) is 26.1. The zero-order valence-electron chi connectivity index (χ0n) is 20.6. The number of nitriles is 1. The van der Waals surface area contributed by atoms with E-state index in [0.29, 0.717) is 39.0 Å². The van der Waals surface area contributed by atoms with Crippen molar-refractivity contribution < 1.29 is 19.4 Å². The van der Waals surface area contributed by atoms with Gasteiger partial charge in [-0.2, -0.15) is 5.26 Å². The lowest BCUT2D eigenvalue weighted by atomic mass is 9.92. The van der Waals surface area contributed by atoms with Gasteiger partial charge in [-0.15, -0.1) is 0 Å². The SMILES string of the molecule is C[C@H](/C=C/C(=O)Nc1ccccc1N)[C@@H](OC(=O)Nc1ccc(C#N)cc1)c1ccc(O)c2ccccc12. The third-order valence-electron chi connectivity index (χ3n) is 5.98. The average Bonchev–Trinajstić information content (AvgIpc) is 2.93. The van der Waals surface area contributed by atoms with E-state index in [4.69, 9.17) is 15.7 Å². The predicted molar refractivity (Wildman–Crippen MR) is 147 cm³/mol. The predicted octanol–water partition coefficient (Wildman–Crippen LogP) is 6.12. The van der Waals surface area contributed by atoms with E-state index >= 15 is 0 Å². The van der Waals surface area contributed by atoms with Crippen molar-refractivity contribution in [1.29, 1.82) is 5.26 Å². The molecule has 0 saturated heterocycles. The summed E-state index contributed by atoms with van der Waals surface area (Å²) in [4.78, 5) is 25.5. The average molecular weight is 507 g/mol. The van der Waals surface area contributed by atoms with Gasteiger partial charge in [-0.1, -0.05) is 55.5 Å². The Morgan fingerprint density at radius 3 is 2.34 bits per heavy atom. The van der Waals surface area contributed by atoms with Gasteiger partial charge < -0.3 is 20.9 Å². The molecule has 2 amide bonds. The molecule has 4 aromatic rings. The zero-order chi connectivity index (χ0) is 27.1.